The molecule has 12 heavy (non-hydrogen) atoms. The second-order valence-corrected chi connectivity index (χ2v) is 4.71. The van der Waals surface area contributed by atoms with Crippen molar-refractivity contribution in [3.63, 3.8) is 0 Å². The molecule has 0 bridgehead atoms. The van der Waals surface area contributed by atoms with Gasteiger partial charge in [-0.15, -0.1) is 0 Å². The molecule has 1 heterocycles. The first-order valence-corrected chi connectivity index (χ1v) is 4.77. The molecule has 1 aliphatic heterocycles. The third-order valence-electron chi connectivity index (χ3n) is 2.72. The van der Waals surface area contributed by atoms with E-state index < -0.39 is 0 Å². The molecule has 0 amide bonds. The highest BCUT2D eigenvalue weighted by Gasteiger charge is 2.29. The quantitative estimate of drug-likeness (QED) is 0.688. The summed E-state index contributed by atoms with van der Waals surface area (Å²) in [5, 5.41) is 8.94. The minimum Gasteiger partial charge on any atom is -0.396 e. The van der Waals surface area contributed by atoms with E-state index in [-0.39, 0.29) is 12.7 Å². The van der Waals surface area contributed by atoms with Crippen LogP contribution in [0.15, 0.2) is 0 Å². The molecule has 1 aliphatic rings. The van der Waals surface area contributed by atoms with E-state index in [1.165, 1.54) is 6.42 Å². The fourth-order valence-electron chi connectivity index (χ4n) is 1.59. The first-order valence-electron chi connectivity index (χ1n) is 4.77. The highest BCUT2D eigenvalue weighted by Crippen LogP contribution is 2.32. The van der Waals surface area contributed by atoms with Crippen molar-refractivity contribution in [2.75, 3.05) is 13.2 Å². The standard InChI is InChI=1S/C10H20O2/c1-8(6-11)9-4-5-10(2,3)7-12-9/h8-9,11H,4-7H2,1-3H3/t8-,9?/m0/s1. The normalized spacial score (nSPS) is 31.5. The number of aliphatic hydroxyl groups is 1. The molecule has 2 atom stereocenters. The van der Waals surface area contributed by atoms with Gasteiger partial charge in [0, 0.05) is 12.5 Å². The average molecular weight is 172 g/mol. The lowest BCUT2D eigenvalue weighted by atomic mass is 9.83. The first kappa shape index (κ1) is 10.0. The number of rotatable bonds is 2. The summed E-state index contributed by atoms with van der Waals surface area (Å²) in [7, 11) is 0. The zero-order valence-electron chi connectivity index (χ0n) is 8.34. The van der Waals surface area contributed by atoms with E-state index >= 15 is 0 Å². The molecule has 2 heteroatoms. The maximum Gasteiger partial charge on any atom is 0.0623 e. The summed E-state index contributed by atoms with van der Waals surface area (Å²) in [4.78, 5) is 0. The summed E-state index contributed by atoms with van der Waals surface area (Å²) < 4.78 is 5.69. The SMILES string of the molecule is C[C@@H](CO)C1CCC(C)(C)CO1. The van der Waals surface area contributed by atoms with E-state index in [9.17, 15) is 0 Å². The molecule has 0 aromatic heterocycles. The van der Waals surface area contributed by atoms with Gasteiger partial charge in [-0.2, -0.15) is 0 Å². The van der Waals surface area contributed by atoms with Crippen LogP contribution in [-0.4, -0.2) is 24.4 Å². The highest BCUT2D eigenvalue weighted by molar-refractivity contribution is 4.78. The Morgan fingerprint density at radius 1 is 1.58 bits per heavy atom. The Kier molecular flexibility index (Phi) is 3.13. The molecule has 2 nitrogen and oxygen atoms in total. The van der Waals surface area contributed by atoms with Crippen molar-refractivity contribution < 1.29 is 9.84 Å². The Hall–Kier alpha value is -0.0800. The summed E-state index contributed by atoms with van der Waals surface area (Å²) in [5.74, 6) is 0.293. The Balaban J connectivity index is 2.36. The van der Waals surface area contributed by atoms with Crippen molar-refractivity contribution in [3.8, 4) is 0 Å². The number of hydrogen-bond acceptors (Lipinski definition) is 2. The molecular formula is C10H20O2. The van der Waals surface area contributed by atoms with Crippen LogP contribution in [0.3, 0.4) is 0 Å². The van der Waals surface area contributed by atoms with Crippen LogP contribution in [0.1, 0.15) is 33.6 Å². The molecule has 0 saturated carbocycles. The molecular weight excluding hydrogens is 152 g/mol. The Morgan fingerprint density at radius 3 is 2.67 bits per heavy atom. The van der Waals surface area contributed by atoms with Gasteiger partial charge >= 0.3 is 0 Å². The summed E-state index contributed by atoms with van der Waals surface area (Å²) in [6, 6.07) is 0. The molecule has 0 radical (unpaired) electrons. The third kappa shape index (κ3) is 2.46. The molecule has 72 valence electrons. The molecule has 0 aromatic carbocycles. The van der Waals surface area contributed by atoms with Gasteiger partial charge in [-0.05, 0) is 18.3 Å². The lowest BCUT2D eigenvalue weighted by Crippen LogP contribution is -2.36. The molecule has 1 unspecified atom stereocenters. The second kappa shape index (κ2) is 3.75. The van der Waals surface area contributed by atoms with Gasteiger partial charge < -0.3 is 9.84 Å². The smallest absolute Gasteiger partial charge is 0.0623 e. The van der Waals surface area contributed by atoms with E-state index in [2.05, 4.69) is 13.8 Å². The van der Waals surface area contributed by atoms with Gasteiger partial charge in [0.1, 0.15) is 0 Å². The van der Waals surface area contributed by atoms with E-state index in [1.54, 1.807) is 0 Å². The number of aliphatic hydroxyl groups excluding tert-OH is 1. The van der Waals surface area contributed by atoms with E-state index in [1.807, 2.05) is 6.92 Å². The average Bonchev–Trinajstić information content (AvgIpc) is 2.03. The summed E-state index contributed by atoms with van der Waals surface area (Å²) >= 11 is 0. The van der Waals surface area contributed by atoms with Crippen LogP contribution in [0.4, 0.5) is 0 Å². The summed E-state index contributed by atoms with van der Waals surface area (Å²) in [6.07, 6.45) is 2.58. The summed E-state index contributed by atoms with van der Waals surface area (Å²) in [6.45, 7) is 7.58. The van der Waals surface area contributed by atoms with Crippen LogP contribution < -0.4 is 0 Å². The van der Waals surface area contributed by atoms with Gasteiger partial charge in [0.15, 0.2) is 0 Å². The Bertz CT molecular complexity index is 133. The highest BCUT2D eigenvalue weighted by atomic mass is 16.5. The van der Waals surface area contributed by atoms with Gasteiger partial charge in [0.25, 0.3) is 0 Å². The lowest BCUT2D eigenvalue weighted by molar-refractivity contribution is -0.0794. The van der Waals surface area contributed by atoms with Crippen LogP contribution in [0.2, 0.25) is 0 Å². The zero-order valence-corrected chi connectivity index (χ0v) is 8.34. The second-order valence-electron chi connectivity index (χ2n) is 4.71. The van der Waals surface area contributed by atoms with Gasteiger partial charge in [0.2, 0.25) is 0 Å². The number of hydrogen-bond donors (Lipinski definition) is 1. The molecule has 1 rings (SSSR count). The minimum absolute atomic E-state index is 0.241. The molecule has 1 fully saturated rings. The predicted molar refractivity (Wildman–Crippen MR) is 49.0 cm³/mol. The van der Waals surface area contributed by atoms with Crippen LogP contribution in [0, 0.1) is 11.3 Å². The van der Waals surface area contributed by atoms with Crippen molar-refractivity contribution in [3.05, 3.63) is 0 Å². The van der Waals surface area contributed by atoms with Gasteiger partial charge in [-0.1, -0.05) is 20.8 Å². The van der Waals surface area contributed by atoms with Crippen molar-refractivity contribution in [1.82, 2.24) is 0 Å². The largest absolute Gasteiger partial charge is 0.396 e. The van der Waals surface area contributed by atoms with Gasteiger partial charge in [-0.25, -0.2) is 0 Å². The predicted octanol–water partition coefficient (Wildman–Crippen LogP) is 1.82. The minimum atomic E-state index is 0.241. The van der Waals surface area contributed by atoms with Crippen LogP contribution in [0.25, 0.3) is 0 Å². The molecule has 0 spiro atoms. The van der Waals surface area contributed by atoms with E-state index in [4.69, 9.17) is 9.84 Å². The Labute approximate surface area is 74.9 Å². The molecule has 1 saturated heterocycles. The third-order valence-corrected chi connectivity index (χ3v) is 2.72. The van der Waals surface area contributed by atoms with Crippen molar-refractivity contribution in [2.45, 2.75) is 39.7 Å². The van der Waals surface area contributed by atoms with E-state index in [0.717, 1.165) is 13.0 Å². The molecule has 0 aromatic rings. The zero-order chi connectivity index (χ0) is 9.19. The van der Waals surface area contributed by atoms with Gasteiger partial charge in [-0.3, -0.25) is 0 Å². The Morgan fingerprint density at radius 2 is 2.25 bits per heavy atom. The fourth-order valence-corrected chi connectivity index (χ4v) is 1.59. The van der Waals surface area contributed by atoms with Crippen LogP contribution in [0.5, 0.6) is 0 Å². The maximum atomic E-state index is 8.94. The lowest BCUT2D eigenvalue weighted by Gasteiger charge is -2.36. The fraction of sp³-hybridized carbons (Fsp3) is 1.00. The number of ether oxygens (including phenoxy) is 1. The molecule has 1 N–H and O–H groups in total. The van der Waals surface area contributed by atoms with Gasteiger partial charge in [0.05, 0.1) is 12.7 Å². The summed E-state index contributed by atoms with van der Waals surface area (Å²) in [5.41, 5.74) is 0.339. The van der Waals surface area contributed by atoms with Crippen LogP contribution in [-0.2, 0) is 4.74 Å². The monoisotopic (exact) mass is 172 g/mol. The first-order chi connectivity index (χ1) is 5.55. The topological polar surface area (TPSA) is 29.5 Å². The maximum absolute atomic E-state index is 8.94. The van der Waals surface area contributed by atoms with Crippen molar-refractivity contribution >= 4 is 0 Å². The molecule has 0 aliphatic carbocycles. The van der Waals surface area contributed by atoms with E-state index in [0.29, 0.717) is 11.3 Å². The van der Waals surface area contributed by atoms with Crippen molar-refractivity contribution in [1.29, 1.82) is 0 Å². The van der Waals surface area contributed by atoms with Crippen LogP contribution >= 0.6 is 0 Å². The van der Waals surface area contributed by atoms with Crippen molar-refractivity contribution in [2.24, 2.45) is 11.3 Å².